The molecule has 3 heteroatoms. The molecule has 0 bridgehead atoms. The number of likely N-dealkylation sites (tertiary alicyclic amines) is 1. The molecule has 1 fully saturated rings. The molecule has 0 saturated carbocycles. The number of rotatable bonds is 5. The Bertz CT molecular complexity index is 186. The lowest BCUT2D eigenvalue weighted by Gasteiger charge is -2.26. The van der Waals surface area contributed by atoms with Crippen molar-refractivity contribution in [2.24, 2.45) is 5.73 Å². The van der Waals surface area contributed by atoms with Gasteiger partial charge in [-0.3, -0.25) is 0 Å². The Morgan fingerprint density at radius 3 is 2.60 bits per heavy atom. The van der Waals surface area contributed by atoms with Crippen LogP contribution in [0.4, 0.5) is 0 Å². The molecule has 1 rings (SSSR count). The van der Waals surface area contributed by atoms with Gasteiger partial charge in [0, 0.05) is 18.1 Å². The predicted molar refractivity (Wildman–Crippen MR) is 66.0 cm³/mol. The van der Waals surface area contributed by atoms with Crippen molar-refractivity contribution in [3.8, 4) is 0 Å². The third-order valence-electron chi connectivity index (χ3n) is 3.32. The summed E-state index contributed by atoms with van der Waals surface area (Å²) in [4.78, 5) is 4.91. The van der Waals surface area contributed by atoms with Crippen LogP contribution in [-0.2, 0) is 0 Å². The summed E-state index contributed by atoms with van der Waals surface area (Å²) in [5.41, 5.74) is 5.96. The van der Waals surface area contributed by atoms with Crippen molar-refractivity contribution in [1.29, 1.82) is 0 Å². The van der Waals surface area contributed by atoms with Gasteiger partial charge in [0.2, 0.25) is 0 Å². The van der Waals surface area contributed by atoms with Crippen LogP contribution in [0, 0.1) is 0 Å². The Morgan fingerprint density at radius 2 is 2.13 bits per heavy atom. The van der Waals surface area contributed by atoms with Crippen LogP contribution in [0.5, 0.6) is 0 Å². The summed E-state index contributed by atoms with van der Waals surface area (Å²) < 4.78 is 0. The summed E-state index contributed by atoms with van der Waals surface area (Å²) in [7, 11) is 4.45. The minimum atomic E-state index is -0.00664. The van der Waals surface area contributed by atoms with Crippen molar-refractivity contribution < 1.29 is 0 Å². The van der Waals surface area contributed by atoms with Crippen molar-refractivity contribution >= 4 is 0 Å². The summed E-state index contributed by atoms with van der Waals surface area (Å²) in [5.74, 6) is 0. The second-order valence-electron chi connectivity index (χ2n) is 5.78. The predicted octanol–water partition coefficient (Wildman–Crippen LogP) is 1.14. The molecule has 15 heavy (non-hydrogen) atoms. The van der Waals surface area contributed by atoms with Gasteiger partial charge in [0.25, 0.3) is 0 Å². The van der Waals surface area contributed by atoms with Gasteiger partial charge in [-0.1, -0.05) is 0 Å². The van der Waals surface area contributed by atoms with E-state index in [-0.39, 0.29) is 5.54 Å². The van der Waals surface area contributed by atoms with E-state index >= 15 is 0 Å². The van der Waals surface area contributed by atoms with Crippen LogP contribution in [0.1, 0.15) is 33.1 Å². The molecule has 0 spiro atoms. The number of likely N-dealkylation sites (N-methyl/N-ethyl adjacent to an activating group) is 2. The zero-order valence-corrected chi connectivity index (χ0v) is 10.8. The second kappa shape index (κ2) is 5.28. The third-order valence-corrected chi connectivity index (χ3v) is 3.32. The van der Waals surface area contributed by atoms with E-state index in [1.54, 1.807) is 0 Å². The molecule has 1 heterocycles. The zero-order chi connectivity index (χ0) is 11.5. The molecule has 1 atom stereocenters. The molecule has 0 aromatic heterocycles. The Labute approximate surface area is 94.6 Å². The van der Waals surface area contributed by atoms with Crippen molar-refractivity contribution in [2.45, 2.75) is 44.7 Å². The maximum Gasteiger partial charge on any atom is 0.0232 e. The van der Waals surface area contributed by atoms with Gasteiger partial charge in [0.15, 0.2) is 0 Å². The van der Waals surface area contributed by atoms with Crippen molar-refractivity contribution in [3.05, 3.63) is 0 Å². The highest BCUT2D eigenvalue weighted by molar-refractivity contribution is 4.80. The number of nitrogens with zero attached hydrogens (tertiary/aromatic N) is 2. The maximum atomic E-state index is 5.97. The molecule has 0 aromatic rings. The molecular formula is C12H27N3. The molecule has 2 N–H and O–H groups in total. The van der Waals surface area contributed by atoms with Gasteiger partial charge in [-0.2, -0.15) is 0 Å². The Kier molecular flexibility index (Phi) is 4.56. The Balaban J connectivity index is 2.16. The monoisotopic (exact) mass is 213 g/mol. The normalized spacial score (nSPS) is 24.0. The lowest BCUT2D eigenvalue weighted by atomic mass is 10.00. The topological polar surface area (TPSA) is 32.5 Å². The molecule has 0 amide bonds. The molecule has 0 aromatic carbocycles. The van der Waals surface area contributed by atoms with Crippen LogP contribution in [-0.4, -0.2) is 55.1 Å². The van der Waals surface area contributed by atoms with E-state index in [0.717, 1.165) is 12.5 Å². The van der Waals surface area contributed by atoms with E-state index < -0.39 is 0 Å². The van der Waals surface area contributed by atoms with E-state index in [1.807, 2.05) is 0 Å². The van der Waals surface area contributed by atoms with E-state index in [4.69, 9.17) is 5.73 Å². The van der Waals surface area contributed by atoms with E-state index in [2.05, 4.69) is 37.7 Å². The molecule has 0 aliphatic carbocycles. The zero-order valence-electron chi connectivity index (χ0n) is 10.8. The highest BCUT2D eigenvalue weighted by Crippen LogP contribution is 2.14. The van der Waals surface area contributed by atoms with E-state index in [1.165, 1.54) is 32.5 Å². The number of nitrogens with two attached hydrogens (primary N) is 1. The first-order valence-electron chi connectivity index (χ1n) is 6.06. The Hall–Kier alpha value is -0.120. The van der Waals surface area contributed by atoms with Gasteiger partial charge in [-0.15, -0.1) is 0 Å². The molecule has 3 nitrogen and oxygen atoms in total. The lowest BCUT2D eigenvalue weighted by Crippen LogP contribution is -2.37. The quantitative estimate of drug-likeness (QED) is 0.743. The lowest BCUT2D eigenvalue weighted by molar-refractivity contribution is 0.231. The molecule has 90 valence electrons. The fourth-order valence-electron chi connectivity index (χ4n) is 2.24. The van der Waals surface area contributed by atoms with Gasteiger partial charge < -0.3 is 15.5 Å². The number of hydrogen-bond donors (Lipinski definition) is 1. The molecule has 1 aliphatic heterocycles. The van der Waals surface area contributed by atoms with E-state index in [0.29, 0.717) is 0 Å². The summed E-state index contributed by atoms with van der Waals surface area (Å²) in [6.07, 6.45) is 3.64. The van der Waals surface area contributed by atoms with Gasteiger partial charge >= 0.3 is 0 Å². The van der Waals surface area contributed by atoms with Crippen molar-refractivity contribution in [3.63, 3.8) is 0 Å². The van der Waals surface area contributed by atoms with Crippen LogP contribution in [0.15, 0.2) is 0 Å². The summed E-state index contributed by atoms with van der Waals surface area (Å²) in [6, 6.07) is 0.760. The standard InChI is InChI=1S/C12H27N3/c1-12(2,13)7-5-8-15(4)11-6-9-14(3)10-11/h11H,5-10,13H2,1-4H3. The minimum absolute atomic E-state index is 0.00664. The van der Waals surface area contributed by atoms with Gasteiger partial charge in [-0.05, 0) is 60.3 Å². The van der Waals surface area contributed by atoms with E-state index in [9.17, 15) is 0 Å². The summed E-state index contributed by atoms with van der Waals surface area (Å²) in [6.45, 7) is 7.87. The molecular weight excluding hydrogens is 186 g/mol. The van der Waals surface area contributed by atoms with Crippen LogP contribution in [0.3, 0.4) is 0 Å². The van der Waals surface area contributed by atoms with Crippen LogP contribution >= 0.6 is 0 Å². The first-order valence-corrected chi connectivity index (χ1v) is 6.06. The fraction of sp³-hybridized carbons (Fsp3) is 1.00. The van der Waals surface area contributed by atoms with Crippen LogP contribution in [0.2, 0.25) is 0 Å². The van der Waals surface area contributed by atoms with Gasteiger partial charge in [0.1, 0.15) is 0 Å². The first kappa shape index (κ1) is 12.9. The largest absolute Gasteiger partial charge is 0.326 e. The fourth-order valence-corrected chi connectivity index (χ4v) is 2.24. The number of hydrogen-bond acceptors (Lipinski definition) is 3. The van der Waals surface area contributed by atoms with Gasteiger partial charge in [-0.25, -0.2) is 0 Å². The minimum Gasteiger partial charge on any atom is -0.326 e. The van der Waals surface area contributed by atoms with Crippen LogP contribution in [0.25, 0.3) is 0 Å². The maximum absolute atomic E-state index is 5.97. The average Bonchev–Trinajstić information content (AvgIpc) is 2.49. The molecule has 1 aliphatic rings. The molecule has 1 unspecified atom stereocenters. The summed E-state index contributed by atoms with van der Waals surface area (Å²) >= 11 is 0. The first-order chi connectivity index (χ1) is 6.88. The molecule has 1 saturated heterocycles. The Morgan fingerprint density at radius 1 is 1.47 bits per heavy atom. The van der Waals surface area contributed by atoms with Crippen molar-refractivity contribution in [1.82, 2.24) is 9.80 Å². The van der Waals surface area contributed by atoms with Crippen molar-refractivity contribution in [2.75, 3.05) is 33.7 Å². The SMILES string of the molecule is CN1CCC(N(C)CCCC(C)(C)N)C1. The summed E-state index contributed by atoms with van der Waals surface area (Å²) in [5, 5.41) is 0. The molecule has 0 radical (unpaired) electrons. The van der Waals surface area contributed by atoms with Crippen LogP contribution < -0.4 is 5.73 Å². The average molecular weight is 213 g/mol. The second-order valence-corrected chi connectivity index (χ2v) is 5.78. The highest BCUT2D eigenvalue weighted by Gasteiger charge is 2.23. The smallest absolute Gasteiger partial charge is 0.0232 e. The highest BCUT2D eigenvalue weighted by atomic mass is 15.2. The van der Waals surface area contributed by atoms with Gasteiger partial charge in [0.05, 0.1) is 0 Å². The third kappa shape index (κ3) is 4.96.